The zero-order valence-electron chi connectivity index (χ0n) is 22.2. The molecule has 1 aromatic carbocycles. The van der Waals surface area contributed by atoms with Crippen molar-refractivity contribution in [2.75, 3.05) is 18.4 Å². The van der Waals surface area contributed by atoms with E-state index in [2.05, 4.69) is 40.6 Å². The van der Waals surface area contributed by atoms with Gasteiger partial charge in [0.2, 0.25) is 5.91 Å². The minimum Gasteiger partial charge on any atom is -0.406 e. The Morgan fingerprint density at radius 2 is 1.85 bits per heavy atom. The Labute approximate surface area is 234 Å². The highest BCUT2D eigenvalue weighted by molar-refractivity contribution is 6.60. The summed E-state index contributed by atoms with van der Waals surface area (Å²) in [5, 5.41) is 16.8. The lowest BCUT2D eigenvalue weighted by Gasteiger charge is -2.10. The molecule has 0 radical (unpaired) electrons. The number of pyridine rings is 1. The smallest absolute Gasteiger partial charge is 0.406 e. The van der Waals surface area contributed by atoms with Gasteiger partial charge in [-0.1, -0.05) is 12.1 Å². The number of aromatic nitrogens is 3. The molecule has 0 unspecified atom stereocenters. The van der Waals surface area contributed by atoms with Gasteiger partial charge in [0.25, 0.3) is 5.91 Å². The second kappa shape index (κ2) is 15.1. The summed E-state index contributed by atoms with van der Waals surface area (Å²) in [7, 11) is 0. The van der Waals surface area contributed by atoms with Gasteiger partial charge in [-0.25, -0.2) is 0 Å². The Bertz CT molecular complexity index is 1380. The molecule has 4 N–H and O–H groups in total. The van der Waals surface area contributed by atoms with E-state index in [4.69, 9.17) is 5.84 Å². The van der Waals surface area contributed by atoms with E-state index in [9.17, 15) is 22.8 Å². The third-order valence-corrected chi connectivity index (χ3v) is 5.44. The summed E-state index contributed by atoms with van der Waals surface area (Å²) < 4.78 is 41.6. The normalized spacial score (nSPS) is 11.9. The molecule has 2 aromatic heterocycles. The summed E-state index contributed by atoms with van der Waals surface area (Å²) in [4.78, 5) is 32.6. The topological polar surface area (TPSA) is 157 Å². The molecule has 0 saturated carbocycles. The molecule has 11 nitrogen and oxygen atoms in total. The van der Waals surface area contributed by atoms with E-state index < -0.39 is 6.36 Å². The minimum absolute atomic E-state index is 0.0589. The maximum atomic E-state index is 12.5. The van der Waals surface area contributed by atoms with Crippen LogP contribution >= 0.6 is 0 Å². The lowest BCUT2D eigenvalue weighted by atomic mass is 10.1. The van der Waals surface area contributed by atoms with E-state index in [1.165, 1.54) is 30.6 Å². The van der Waals surface area contributed by atoms with Gasteiger partial charge in [0, 0.05) is 19.3 Å². The van der Waals surface area contributed by atoms with Gasteiger partial charge in [0.05, 0.1) is 24.0 Å². The molecule has 0 bridgehead atoms. The number of nitrogens with two attached hydrogens (primary N) is 1. The van der Waals surface area contributed by atoms with Crippen LogP contribution < -0.4 is 21.2 Å². The van der Waals surface area contributed by atoms with Gasteiger partial charge in [-0.05, 0) is 73.7 Å². The Morgan fingerprint density at radius 3 is 2.56 bits per heavy atom. The molecule has 2 heterocycles. The number of amides is 2. The molecule has 14 heteroatoms. The van der Waals surface area contributed by atoms with Gasteiger partial charge >= 0.3 is 6.36 Å². The summed E-state index contributed by atoms with van der Waals surface area (Å²) >= 11 is 0. The number of anilines is 1. The van der Waals surface area contributed by atoms with Crippen molar-refractivity contribution in [2.24, 2.45) is 15.9 Å². The van der Waals surface area contributed by atoms with Gasteiger partial charge < -0.3 is 21.2 Å². The van der Waals surface area contributed by atoms with Crippen molar-refractivity contribution in [1.29, 1.82) is 0 Å². The van der Waals surface area contributed by atoms with Crippen molar-refractivity contribution in [1.82, 2.24) is 20.5 Å². The molecule has 0 aliphatic carbocycles. The highest BCUT2D eigenvalue weighted by atomic mass is 19.4. The van der Waals surface area contributed by atoms with Crippen molar-refractivity contribution in [3.8, 4) is 16.9 Å². The van der Waals surface area contributed by atoms with E-state index in [-0.39, 0.29) is 35.5 Å². The third kappa shape index (κ3) is 10.7. The lowest BCUT2D eigenvalue weighted by Crippen LogP contribution is -2.32. The zero-order valence-corrected chi connectivity index (χ0v) is 22.2. The number of aliphatic imine (C=N–C) groups is 1. The van der Waals surface area contributed by atoms with Crippen LogP contribution in [0.15, 0.2) is 64.8 Å². The average Bonchev–Trinajstić information content (AvgIpc) is 2.93. The predicted octanol–water partition coefficient (Wildman–Crippen LogP) is 3.46. The number of hydrazone groups is 1. The van der Waals surface area contributed by atoms with E-state index in [1.54, 1.807) is 37.3 Å². The average molecular weight is 571 g/mol. The molecule has 3 aromatic rings. The fraction of sp³-hybridized carbons (Fsp3) is 0.296. The number of benzene rings is 1. The second-order valence-electron chi connectivity index (χ2n) is 8.61. The molecular formula is C27H29F3N8O3. The molecular weight excluding hydrogens is 541 g/mol. The molecule has 0 saturated heterocycles. The van der Waals surface area contributed by atoms with Crippen molar-refractivity contribution in [3.05, 3.63) is 66.1 Å². The van der Waals surface area contributed by atoms with Crippen molar-refractivity contribution in [2.45, 2.75) is 39.0 Å². The number of carbonyl (C=O) groups is 2. The summed E-state index contributed by atoms with van der Waals surface area (Å²) in [5.74, 6) is 4.38. The largest absolute Gasteiger partial charge is 0.573 e. The van der Waals surface area contributed by atoms with Crippen LogP contribution in [-0.2, 0) is 22.4 Å². The number of hydrogen-bond acceptors (Lipinski definition) is 9. The fourth-order valence-corrected chi connectivity index (χ4v) is 3.60. The van der Waals surface area contributed by atoms with Crippen LogP contribution in [0.3, 0.4) is 0 Å². The Morgan fingerprint density at radius 1 is 1.05 bits per heavy atom. The van der Waals surface area contributed by atoms with Crippen LogP contribution in [0, 0.1) is 0 Å². The first-order valence-corrected chi connectivity index (χ1v) is 12.7. The van der Waals surface area contributed by atoms with E-state index >= 15 is 0 Å². The van der Waals surface area contributed by atoms with Gasteiger partial charge in [0.1, 0.15) is 5.75 Å². The number of hydrogen-bond donors (Lipinski definition) is 3. The number of alkyl halides is 3. The van der Waals surface area contributed by atoms with E-state index in [1.807, 2.05) is 0 Å². The third-order valence-electron chi connectivity index (χ3n) is 5.44. The van der Waals surface area contributed by atoms with E-state index in [0.717, 1.165) is 18.5 Å². The number of aryl methyl sites for hydroxylation is 1. The van der Waals surface area contributed by atoms with Crippen molar-refractivity contribution in [3.63, 3.8) is 0 Å². The van der Waals surface area contributed by atoms with Crippen LogP contribution in [0.5, 0.6) is 5.75 Å². The molecule has 0 fully saturated rings. The summed E-state index contributed by atoms with van der Waals surface area (Å²) in [5.41, 5.74) is 2.29. The minimum atomic E-state index is -4.79. The number of ether oxygens (including phenoxy) is 1. The molecule has 2 amide bonds. The highest BCUT2D eigenvalue weighted by Crippen LogP contribution is 2.28. The fourth-order valence-electron chi connectivity index (χ4n) is 3.60. The van der Waals surface area contributed by atoms with Gasteiger partial charge in [-0.2, -0.15) is 10.2 Å². The number of nitrogens with zero attached hydrogens (tertiary/aromatic N) is 5. The molecule has 216 valence electrons. The summed E-state index contributed by atoms with van der Waals surface area (Å²) in [6.45, 7) is 2.74. The first kappa shape index (κ1) is 30.7. The van der Waals surface area contributed by atoms with Crippen LogP contribution in [0.2, 0.25) is 0 Å². The number of rotatable bonds is 13. The van der Waals surface area contributed by atoms with Gasteiger partial charge in [-0.15, -0.1) is 18.3 Å². The maximum Gasteiger partial charge on any atom is 0.573 e. The predicted molar refractivity (Wildman–Crippen MR) is 147 cm³/mol. The van der Waals surface area contributed by atoms with Gasteiger partial charge in [-0.3, -0.25) is 19.6 Å². The lowest BCUT2D eigenvalue weighted by molar-refractivity contribution is -0.274. The highest BCUT2D eigenvalue weighted by Gasteiger charge is 2.31. The monoisotopic (exact) mass is 570 g/mol. The molecule has 0 spiro atoms. The Hall–Kier alpha value is -4.88. The first-order chi connectivity index (χ1) is 19.7. The number of unbranched alkanes of at least 4 members (excludes halogenated alkanes) is 1. The number of carbonyl (C=O) groups excluding carboxylic acids is 2. The van der Waals surface area contributed by atoms with Crippen LogP contribution in [-0.4, -0.2) is 58.4 Å². The first-order valence-electron chi connectivity index (χ1n) is 12.7. The molecule has 41 heavy (non-hydrogen) atoms. The number of nitrogens with one attached hydrogen (secondary N) is 2. The Balaban J connectivity index is 1.46. The molecule has 0 atom stereocenters. The maximum absolute atomic E-state index is 12.5. The second-order valence-corrected chi connectivity index (χ2v) is 8.61. The standard InChI is InChI=1S/C27H29F3N8O3/c1-2-33-26(40)23(36-31)17-32-12-4-3-7-20-9-10-24(38-37-20)35-25(39)16-21-14-19(11-13-34-21)18-6-5-8-22(15-18)41-27(28,29)30/h5-6,8-11,13-15,17H,2-4,7,12,16,31H2,1H3,(H,33,40)(H,35,38,39). The van der Waals surface area contributed by atoms with Crippen LogP contribution in [0.25, 0.3) is 11.1 Å². The SMILES string of the molecule is CCNC(=O)C(C=NCCCCc1ccc(NC(=O)Cc2cc(-c3cccc(OC(F)(F)F)c3)ccn2)nn1)=NN. The van der Waals surface area contributed by atoms with Gasteiger partial charge in [0.15, 0.2) is 11.5 Å². The Kier molecular flexibility index (Phi) is 11.3. The summed E-state index contributed by atoms with van der Waals surface area (Å²) in [6, 6.07) is 12.2. The molecule has 0 aliphatic heterocycles. The van der Waals surface area contributed by atoms with E-state index in [0.29, 0.717) is 36.3 Å². The quantitative estimate of drug-likeness (QED) is 0.123. The zero-order chi connectivity index (χ0) is 29.7. The van der Waals surface area contributed by atoms with Crippen LogP contribution in [0.1, 0.15) is 31.2 Å². The van der Waals surface area contributed by atoms with Crippen molar-refractivity contribution < 1.29 is 27.5 Å². The number of halogens is 3. The molecule has 3 rings (SSSR count). The van der Waals surface area contributed by atoms with Crippen molar-refractivity contribution >= 4 is 29.6 Å². The summed E-state index contributed by atoms with van der Waals surface area (Å²) in [6.07, 6.45) is 0.125. The van der Waals surface area contributed by atoms with Crippen LogP contribution in [0.4, 0.5) is 19.0 Å². The molecule has 0 aliphatic rings.